The Morgan fingerprint density at radius 2 is 1.82 bits per heavy atom. The summed E-state index contributed by atoms with van der Waals surface area (Å²) >= 11 is 0. The lowest BCUT2D eigenvalue weighted by molar-refractivity contribution is -0.229. The fourth-order valence-corrected chi connectivity index (χ4v) is 5.29. The van der Waals surface area contributed by atoms with Gasteiger partial charge in [0.25, 0.3) is 0 Å². The average molecular weight is 399 g/mol. The topological polar surface area (TPSA) is 76.0 Å². The number of ketones is 1. The standard InChI is InChI=1S/C23H42O5/c1-8-18(20(25)15(5)16(6)24)21-14(4)13-23(10-3,28-21)19-11-12-22(26,9-2)17(7)27-19/h14-19,21,24,26H,8-13H2,1-7H3/t14-,15-,16-,17-,18-,19+,21-,22-,23-/m0/s1. The van der Waals surface area contributed by atoms with E-state index in [0.717, 1.165) is 19.3 Å². The number of aliphatic hydroxyl groups excluding tert-OH is 1. The van der Waals surface area contributed by atoms with Crippen molar-refractivity contribution in [2.24, 2.45) is 17.8 Å². The predicted molar refractivity (Wildman–Crippen MR) is 110 cm³/mol. The molecular formula is C23H42O5. The number of carbonyl (C=O) groups is 1. The Morgan fingerprint density at radius 1 is 1.18 bits per heavy atom. The van der Waals surface area contributed by atoms with Crippen LogP contribution >= 0.6 is 0 Å². The Hall–Kier alpha value is -0.490. The Morgan fingerprint density at radius 3 is 2.29 bits per heavy atom. The van der Waals surface area contributed by atoms with Crippen LogP contribution in [-0.4, -0.2) is 51.6 Å². The smallest absolute Gasteiger partial charge is 0.143 e. The van der Waals surface area contributed by atoms with Gasteiger partial charge in [-0.15, -0.1) is 0 Å². The van der Waals surface area contributed by atoms with Gasteiger partial charge in [-0.1, -0.05) is 34.6 Å². The van der Waals surface area contributed by atoms with Crippen molar-refractivity contribution in [2.45, 2.75) is 123 Å². The lowest BCUT2D eigenvalue weighted by Gasteiger charge is -2.47. The van der Waals surface area contributed by atoms with Crippen LogP contribution in [0, 0.1) is 17.8 Å². The van der Waals surface area contributed by atoms with E-state index in [1.54, 1.807) is 13.8 Å². The van der Waals surface area contributed by atoms with Gasteiger partial charge in [0.15, 0.2) is 0 Å². The maximum atomic E-state index is 13.0. The molecule has 0 bridgehead atoms. The summed E-state index contributed by atoms with van der Waals surface area (Å²) in [6.07, 6.45) is 3.49. The minimum Gasteiger partial charge on any atom is -0.393 e. The molecule has 5 heteroatoms. The molecular weight excluding hydrogens is 356 g/mol. The quantitative estimate of drug-likeness (QED) is 0.649. The molecule has 2 rings (SSSR count). The highest BCUT2D eigenvalue weighted by Crippen LogP contribution is 2.48. The molecule has 2 aliphatic heterocycles. The van der Waals surface area contributed by atoms with Crippen LogP contribution in [0.4, 0.5) is 0 Å². The number of hydrogen-bond acceptors (Lipinski definition) is 5. The van der Waals surface area contributed by atoms with Crippen LogP contribution in [-0.2, 0) is 14.3 Å². The molecule has 0 saturated carbocycles. The third-order valence-corrected chi connectivity index (χ3v) is 7.74. The highest BCUT2D eigenvalue weighted by Gasteiger charge is 2.55. The molecule has 2 N–H and O–H groups in total. The molecule has 0 amide bonds. The van der Waals surface area contributed by atoms with Crippen LogP contribution in [0.15, 0.2) is 0 Å². The SMILES string of the molecule is CC[C@@H](C(=O)[C@@H](C)[C@H](C)O)[C@H]1O[C@](CC)([C@H]2CC[C@@](O)(CC)[C@H](C)O2)C[C@@H]1C. The van der Waals surface area contributed by atoms with Gasteiger partial charge < -0.3 is 19.7 Å². The Labute approximate surface area is 171 Å². The minimum absolute atomic E-state index is 0.0615. The van der Waals surface area contributed by atoms with Gasteiger partial charge >= 0.3 is 0 Å². The number of hydrogen-bond donors (Lipinski definition) is 2. The highest BCUT2D eigenvalue weighted by atomic mass is 16.6. The molecule has 164 valence electrons. The average Bonchev–Trinajstić information content (AvgIpc) is 3.01. The fourth-order valence-electron chi connectivity index (χ4n) is 5.29. The van der Waals surface area contributed by atoms with Gasteiger partial charge in [0.1, 0.15) is 5.78 Å². The molecule has 0 unspecified atom stereocenters. The van der Waals surface area contributed by atoms with Crippen LogP contribution in [0.3, 0.4) is 0 Å². The summed E-state index contributed by atoms with van der Waals surface area (Å²) in [4.78, 5) is 13.0. The van der Waals surface area contributed by atoms with Crippen LogP contribution in [0.1, 0.15) is 87.0 Å². The van der Waals surface area contributed by atoms with Crippen LogP contribution < -0.4 is 0 Å². The molecule has 0 radical (unpaired) electrons. The molecule has 0 aromatic rings. The Balaban J connectivity index is 2.20. The van der Waals surface area contributed by atoms with Crippen molar-refractivity contribution in [3.63, 3.8) is 0 Å². The molecule has 2 heterocycles. The first-order valence-corrected chi connectivity index (χ1v) is 11.3. The second kappa shape index (κ2) is 9.11. The highest BCUT2D eigenvalue weighted by molar-refractivity contribution is 5.84. The molecule has 5 nitrogen and oxygen atoms in total. The third kappa shape index (κ3) is 4.33. The summed E-state index contributed by atoms with van der Waals surface area (Å²) in [6.45, 7) is 13.8. The summed E-state index contributed by atoms with van der Waals surface area (Å²) < 4.78 is 13.0. The van der Waals surface area contributed by atoms with Crippen molar-refractivity contribution in [2.75, 3.05) is 0 Å². The fraction of sp³-hybridized carbons (Fsp3) is 0.957. The second-order valence-electron chi connectivity index (χ2n) is 9.39. The minimum atomic E-state index is -0.760. The first kappa shape index (κ1) is 23.8. The monoisotopic (exact) mass is 398 g/mol. The number of ether oxygens (including phenoxy) is 2. The normalized spacial score (nSPS) is 42.2. The molecule has 2 fully saturated rings. The van der Waals surface area contributed by atoms with Crippen molar-refractivity contribution >= 4 is 5.78 Å². The molecule has 2 aliphatic rings. The zero-order valence-electron chi connectivity index (χ0n) is 18.9. The first-order chi connectivity index (χ1) is 13.0. The number of carbonyl (C=O) groups excluding carboxylic acids is 1. The van der Waals surface area contributed by atoms with E-state index in [9.17, 15) is 15.0 Å². The van der Waals surface area contributed by atoms with Gasteiger partial charge in [-0.2, -0.15) is 0 Å². The van der Waals surface area contributed by atoms with Crippen molar-refractivity contribution in [1.82, 2.24) is 0 Å². The van der Waals surface area contributed by atoms with Gasteiger partial charge in [-0.3, -0.25) is 4.79 Å². The van der Waals surface area contributed by atoms with Crippen molar-refractivity contribution < 1.29 is 24.5 Å². The largest absolute Gasteiger partial charge is 0.393 e. The van der Waals surface area contributed by atoms with Crippen LogP contribution in [0.5, 0.6) is 0 Å². The number of Topliss-reactive ketones (excluding diaryl/α,β-unsaturated/α-hetero) is 1. The number of rotatable bonds is 8. The van der Waals surface area contributed by atoms with Gasteiger partial charge in [0.05, 0.1) is 35.6 Å². The van der Waals surface area contributed by atoms with Gasteiger partial charge in [-0.25, -0.2) is 0 Å². The molecule has 2 saturated heterocycles. The van der Waals surface area contributed by atoms with E-state index in [0.29, 0.717) is 19.3 Å². The predicted octanol–water partition coefficient (Wildman–Crippen LogP) is 3.88. The van der Waals surface area contributed by atoms with E-state index >= 15 is 0 Å². The second-order valence-corrected chi connectivity index (χ2v) is 9.39. The zero-order valence-corrected chi connectivity index (χ0v) is 18.9. The van der Waals surface area contributed by atoms with E-state index in [4.69, 9.17) is 9.47 Å². The van der Waals surface area contributed by atoms with E-state index in [-0.39, 0.29) is 41.8 Å². The van der Waals surface area contributed by atoms with Crippen molar-refractivity contribution in [3.05, 3.63) is 0 Å². The molecule has 0 aromatic carbocycles. The van der Waals surface area contributed by atoms with E-state index < -0.39 is 17.3 Å². The maximum Gasteiger partial charge on any atom is 0.143 e. The van der Waals surface area contributed by atoms with Crippen LogP contribution in [0.25, 0.3) is 0 Å². The molecule has 0 spiro atoms. The summed E-state index contributed by atoms with van der Waals surface area (Å²) in [6, 6.07) is 0. The number of aliphatic hydroxyl groups is 2. The maximum absolute atomic E-state index is 13.0. The van der Waals surface area contributed by atoms with E-state index in [1.807, 2.05) is 20.8 Å². The first-order valence-electron chi connectivity index (χ1n) is 11.3. The Bertz CT molecular complexity index is 535. The molecule has 9 atom stereocenters. The summed E-state index contributed by atoms with van der Waals surface area (Å²) in [7, 11) is 0. The molecule has 0 aliphatic carbocycles. The molecule has 28 heavy (non-hydrogen) atoms. The lowest BCUT2D eigenvalue weighted by atomic mass is 9.77. The lowest BCUT2D eigenvalue weighted by Crippen LogP contribution is -2.55. The van der Waals surface area contributed by atoms with E-state index in [1.165, 1.54) is 0 Å². The van der Waals surface area contributed by atoms with Gasteiger partial charge in [0, 0.05) is 11.8 Å². The van der Waals surface area contributed by atoms with Crippen molar-refractivity contribution in [3.8, 4) is 0 Å². The summed E-state index contributed by atoms with van der Waals surface area (Å²) in [5.74, 6) is -0.245. The summed E-state index contributed by atoms with van der Waals surface area (Å²) in [5, 5.41) is 20.6. The zero-order chi connectivity index (χ0) is 21.3. The summed E-state index contributed by atoms with van der Waals surface area (Å²) in [5.41, 5.74) is -1.17. The molecule has 0 aromatic heterocycles. The van der Waals surface area contributed by atoms with Gasteiger partial charge in [-0.05, 0) is 58.3 Å². The van der Waals surface area contributed by atoms with Gasteiger partial charge in [0.2, 0.25) is 0 Å². The van der Waals surface area contributed by atoms with Crippen molar-refractivity contribution in [1.29, 1.82) is 0 Å². The van der Waals surface area contributed by atoms with E-state index in [2.05, 4.69) is 13.8 Å². The third-order valence-electron chi connectivity index (χ3n) is 7.74. The Kier molecular flexibility index (Phi) is 7.74. The van der Waals surface area contributed by atoms with Crippen LogP contribution in [0.2, 0.25) is 0 Å².